The molecule has 0 aliphatic rings. The van der Waals surface area contributed by atoms with Crippen molar-refractivity contribution in [1.29, 1.82) is 0 Å². The molecule has 3 rings (SSSR count). The minimum atomic E-state index is -3.71. The third-order valence-electron chi connectivity index (χ3n) is 3.89. The van der Waals surface area contributed by atoms with Crippen molar-refractivity contribution in [3.63, 3.8) is 0 Å². The average molecular weight is 402 g/mol. The molecule has 0 unspecified atom stereocenters. The quantitative estimate of drug-likeness (QED) is 0.589. The smallest absolute Gasteiger partial charge is 0.338 e. The summed E-state index contributed by atoms with van der Waals surface area (Å²) >= 11 is 1.48. The maximum Gasteiger partial charge on any atom is 0.338 e. The summed E-state index contributed by atoms with van der Waals surface area (Å²) in [7, 11) is -2.23. The first-order valence-corrected chi connectivity index (χ1v) is 10.4. The van der Waals surface area contributed by atoms with E-state index in [9.17, 15) is 13.2 Å². The van der Waals surface area contributed by atoms with Gasteiger partial charge in [-0.3, -0.25) is 4.31 Å². The van der Waals surface area contributed by atoms with Crippen LogP contribution < -0.4 is 4.31 Å². The number of carbonyl (C=O) groups is 1. The van der Waals surface area contributed by atoms with E-state index in [0.29, 0.717) is 11.4 Å². The molecule has 0 amide bonds. The molecule has 0 radical (unpaired) electrons. The first-order chi connectivity index (χ1) is 12.9. The number of anilines is 1. The number of carbonyl (C=O) groups excluding carboxylic acids is 1. The Balaban J connectivity index is 1.71. The molecular formula is C19H18N2O4S2. The van der Waals surface area contributed by atoms with Gasteiger partial charge >= 0.3 is 5.97 Å². The van der Waals surface area contributed by atoms with Gasteiger partial charge in [-0.25, -0.2) is 18.2 Å². The Hall–Kier alpha value is -2.71. The third kappa shape index (κ3) is 4.35. The van der Waals surface area contributed by atoms with Gasteiger partial charge in [0.15, 0.2) is 0 Å². The maximum atomic E-state index is 12.7. The van der Waals surface area contributed by atoms with Crippen LogP contribution in [0, 0.1) is 6.92 Å². The molecule has 140 valence electrons. The van der Waals surface area contributed by atoms with E-state index in [0.717, 1.165) is 5.01 Å². The molecule has 0 aliphatic carbocycles. The number of para-hydroxylation sites is 1. The van der Waals surface area contributed by atoms with E-state index in [2.05, 4.69) is 4.98 Å². The van der Waals surface area contributed by atoms with Crippen molar-refractivity contribution in [1.82, 2.24) is 4.98 Å². The molecule has 0 saturated heterocycles. The number of thiazole rings is 1. The van der Waals surface area contributed by atoms with Crippen molar-refractivity contribution in [2.45, 2.75) is 18.4 Å². The van der Waals surface area contributed by atoms with Gasteiger partial charge in [0.05, 0.1) is 26.8 Å². The van der Waals surface area contributed by atoms with Crippen molar-refractivity contribution in [3.8, 4) is 0 Å². The Bertz CT molecular complexity index is 1030. The highest BCUT2D eigenvalue weighted by molar-refractivity contribution is 7.92. The SMILES string of the molecule is Cc1nc(COC(=O)c2ccc(S(=O)(=O)N(C)c3ccccc3)cc2)cs1. The number of hydrogen-bond acceptors (Lipinski definition) is 6. The van der Waals surface area contributed by atoms with Crippen molar-refractivity contribution in [2.24, 2.45) is 0 Å². The molecule has 0 saturated carbocycles. The van der Waals surface area contributed by atoms with Crippen LogP contribution in [0.25, 0.3) is 0 Å². The highest BCUT2D eigenvalue weighted by Crippen LogP contribution is 2.22. The highest BCUT2D eigenvalue weighted by Gasteiger charge is 2.21. The summed E-state index contributed by atoms with van der Waals surface area (Å²) in [5.41, 5.74) is 1.53. The molecule has 0 bridgehead atoms. The molecular weight excluding hydrogens is 384 g/mol. The van der Waals surface area contributed by atoms with Crippen LogP contribution >= 0.6 is 11.3 Å². The minimum absolute atomic E-state index is 0.0833. The zero-order chi connectivity index (χ0) is 19.4. The van der Waals surface area contributed by atoms with E-state index in [1.165, 1.54) is 47.0 Å². The second kappa shape index (κ2) is 7.89. The molecule has 2 aromatic carbocycles. The van der Waals surface area contributed by atoms with Crippen LogP contribution in [0.5, 0.6) is 0 Å². The number of benzene rings is 2. The summed E-state index contributed by atoms with van der Waals surface area (Å²) in [5, 5.41) is 2.73. The largest absolute Gasteiger partial charge is 0.456 e. The molecule has 1 heterocycles. The van der Waals surface area contributed by atoms with Gasteiger partial charge in [0, 0.05) is 12.4 Å². The van der Waals surface area contributed by atoms with E-state index in [1.54, 1.807) is 24.3 Å². The number of esters is 1. The van der Waals surface area contributed by atoms with Gasteiger partial charge in [-0.1, -0.05) is 18.2 Å². The van der Waals surface area contributed by atoms with Crippen LogP contribution in [0.2, 0.25) is 0 Å². The topological polar surface area (TPSA) is 76.6 Å². The molecule has 3 aromatic rings. The number of nitrogens with zero attached hydrogens (tertiary/aromatic N) is 2. The monoisotopic (exact) mass is 402 g/mol. The van der Waals surface area contributed by atoms with Gasteiger partial charge in [0.25, 0.3) is 10.0 Å². The van der Waals surface area contributed by atoms with Gasteiger partial charge in [-0.05, 0) is 43.3 Å². The van der Waals surface area contributed by atoms with Crippen LogP contribution in [0.4, 0.5) is 5.69 Å². The van der Waals surface area contributed by atoms with E-state index in [4.69, 9.17) is 4.74 Å². The predicted molar refractivity (Wildman–Crippen MR) is 104 cm³/mol. The fourth-order valence-electron chi connectivity index (χ4n) is 2.40. The molecule has 0 spiro atoms. The summed E-state index contributed by atoms with van der Waals surface area (Å²) in [6.07, 6.45) is 0. The van der Waals surface area contributed by atoms with E-state index in [1.807, 2.05) is 18.4 Å². The normalized spacial score (nSPS) is 11.2. The van der Waals surface area contributed by atoms with Gasteiger partial charge in [0.1, 0.15) is 6.61 Å². The average Bonchev–Trinajstić information content (AvgIpc) is 3.11. The lowest BCUT2D eigenvalue weighted by atomic mass is 10.2. The number of ether oxygens (including phenoxy) is 1. The summed E-state index contributed by atoms with van der Waals surface area (Å²) in [4.78, 5) is 16.5. The molecule has 8 heteroatoms. The van der Waals surface area contributed by atoms with Gasteiger partial charge < -0.3 is 4.74 Å². The van der Waals surface area contributed by atoms with Crippen LogP contribution in [0.3, 0.4) is 0 Å². The molecule has 0 aliphatic heterocycles. The predicted octanol–water partition coefficient (Wildman–Crippen LogP) is 3.63. The first-order valence-electron chi connectivity index (χ1n) is 8.10. The Morgan fingerprint density at radius 2 is 1.78 bits per heavy atom. The number of sulfonamides is 1. The molecule has 6 nitrogen and oxygen atoms in total. The second-order valence-corrected chi connectivity index (χ2v) is 8.80. The van der Waals surface area contributed by atoms with Crippen LogP contribution in [-0.4, -0.2) is 26.4 Å². The Kier molecular flexibility index (Phi) is 5.57. The summed E-state index contributed by atoms with van der Waals surface area (Å²) in [5.74, 6) is -0.527. The van der Waals surface area contributed by atoms with Gasteiger partial charge in [-0.2, -0.15) is 0 Å². The molecule has 1 aromatic heterocycles. The fourth-order valence-corrected chi connectivity index (χ4v) is 4.19. The molecule has 0 fully saturated rings. The van der Waals surface area contributed by atoms with Crippen LogP contribution in [0.1, 0.15) is 21.1 Å². The van der Waals surface area contributed by atoms with Crippen molar-refractivity contribution in [3.05, 3.63) is 76.2 Å². The van der Waals surface area contributed by atoms with Crippen LogP contribution in [0.15, 0.2) is 64.9 Å². The van der Waals surface area contributed by atoms with Crippen molar-refractivity contribution in [2.75, 3.05) is 11.4 Å². The first kappa shape index (κ1) is 19.1. The standard InChI is InChI=1S/C19H18N2O4S2/c1-14-20-16(13-26-14)12-25-19(22)15-8-10-18(11-9-15)27(23,24)21(2)17-6-4-3-5-7-17/h3-11,13H,12H2,1-2H3. The Morgan fingerprint density at radius 3 is 2.37 bits per heavy atom. The third-order valence-corrected chi connectivity index (χ3v) is 6.51. The Morgan fingerprint density at radius 1 is 1.11 bits per heavy atom. The number of hydrogen-bond donors (Lipinski definition) is 0. The van der Waals surface area contributed by atoms with Crippen molar-refractivity contribution < 1.29 is 17.9 Å². The van der Waals surface area contributed by atoms with Gasteiger partial charge in [-0.15, -0.1) is 11.3 Å². The van der Waals surface area contributed by atoms with Crippen LogP contribution in [-0.2, 0) is 21.4 Å². The summed E-state index contributed by atoms with van der Waals surface area (Å²) in [6.45, 7) is 1.96. The van der Waals surface area contributed by atoms with Crippen molar-refractivity contribution >= 4 is 33.0 Å². The molecule has 27 heavy (non-hydrogen) atoms. The minimum Gasteiger partial charge on any atom is -0.456 e. The van der Waals surface area contributed by atoms with E-state index < -0.39 is 16.0 Å². The van der Waals surface area contributed by atoms with Gasteiger partial charge in [0.2, 0.25) is 0 Å². The van der Waals surface area contributed by atoms with E-state index >= 15 is 0 Å². The van der Waals surface area contributed by atoms with E-state index in [-0.39, 0.29) is 17.1 Å². The fraction of sp³-hybridized carbons (Fsp3) is 0.158. The number of aromatic nitrogens is 1. The molecule has 0 N–H and O–H groups in total. The number of aryl methyl sites for hydroxylation is 1. The summed E-state index contributed by atoms with van der Waals surface area (Å²) in [6, 6.07) is 14.5. The lowest BCUT2D eigenvalue weighted by Gasteiger charge is -2.19. The zero-order valence-corrected chi connectivity index (χ0v) is 16.5. The highest BCUT2D eigenvalue weighted by atomic mass is 32.2. The lowest BCUT2D eigenvalue weighted by molar-refractivity contribution is 0.0468. The Labute approximate surface area is 162 Å². The summed E-state index contributed by atoms with van der Waals surface area (Å²) < 4.78 is 31.9. The second-order valence-electron chi connectivity index (χ2n) is 5.77. The number of rotatable bonds is 6. The maximum absolute atomic E-state index is 12.7. The lowest BCUT2D eigenvalue weighted by Crippen LogP contribution is -2.26. The zero-order valence-electron chi connectivity index (χ0n) is 14.8. The molecule has 0 atom stereocenters.